The zero-order chi connectivity index (χ0) is 11.6. The van der Waals surface area contributed by atoms with Crippen molar-refractivity contribution in [3.05, 3.63) is 0 Å². The van der Waals surface area contributed by atoms with E-state index < -0.39 is 27.1 Å². The van der Waals surface area contributed by atoms with Crippen LogP contribution < -0.4 is 5.32 Å². The summed E-state index contributed by atoms with van der Waals surface area (Å²) in [5.41, 5.74) is -1.86. The van der Waals surface area contributed by atoms with Crippen LogP contribution in [-0.2, 0) is 14.6 Å². The van der Waals surface area contributed by atoms with Crippen molar-refractivity contribution in [2.75, 3.05) is 12.0 Å². The van der Waals surface area contributed by atoms with Gasteiger partial charge in [0.25, 0.3) is 5.91 Å². The number of sulfone groups is 1. The Morgan fingerprint density at radius 1 is 1.50 bits per heavy atom. The molecule has 0 bridgehead atoms. The Kier molecular flexibility index (Phi) is 4.08. The van der Waals surface area contributed by atoms with E-state index in [0.29, 0.717) is 0 Å². The first-order chi connectivity index (χ1) is 6.04. The van der Waals surface area contributed by atoms with E-state index in [1.807, 2.05) is 0 Å². The van der Waals surface area contributed by atoms with Crippen molar-refractivity contribution >= 4 is 15.7 Å². The lowest BCUT2D eigenvalue weighted by Crippen LogP contribution is -2.50. The van der Waals surface area contributed by atoms with Crippen molar-refractivity contribution < 1.29 is 18.3 Å². The number of amides is 1. The molecule has 1 unspecified atom stereocenters. The molecular weight excluding hydrogens is 206 g/mol. The fourth-order valence-electron chi connectivity index (χ4n) is 0.994. The van der Waals surface area contributed by atoms with Crippen molar-refractivity contribution in [2.24, 2.45) is 0 Å². The number of nitrogens with one attached hydrogen (secondary N) is 1. The third kappa shape index (κ3) is 5.18. The normalized spacial score (nSPS) is 16.4. The molecule has 5 nitrogen and oxygen atoms in total. The highest BCUT2D eigenvalue weighted by molar-refractivity contribution is 7.90. The lowest BCUT2D eigenvalue weighted by atomic mass is 10.1. The van der Waals surface area contributed by atoms with E-state index in [9.17, 15) is 18.3 Å². The summed E-state index contributed by atoms with van der Waals surface area (Å²) in [6, 6.07) is -0.131. The van der Waals surface area contributed by atoms with Gasteiger partial charge in [-0.3, -0.25) is 4.79 Å². The first-order valence-corrected chi connectivity index (χ1v) is 6.32. The van der Waals surface area contributed by atoms with Crippen molar-refractivity contribution in [1.82, 2.24) is 5.32 Å². The summed E-state index contributed by atoms with van der Waals surface area (Å²) in [6.07, 6.45) is 0.976. The highest BCUT2D eigenvalue weighted by Gasteiger charge is 2.34. The maximum absolute atomic E-state index is 11.3. The van der Waals surface area contributed by atoms with E-state index in [1.54, 1.807) is 13.8 Å². The average Bonchev–Trinajstić information content (AvgIpc) is 1.78. The van der Waals surface area contributed by atoms with E-state index in [-0.39, 0.29) is 6.04 Å². The molecule has 1 atom stereocenters. The van der Waals surface area contributed by atoms with Gasteiger partial charge in [-0.15, -0.1) is 0 Å². The van der Waals surface area contributed by atoms with Gasteiger partial charge in [0.15, 0.2) is 15.4 Å². The summed E-state index contributed by atoms with van der Waals surface area (Å²) in [4.78, 5) is 11.3. The van der Waals surface area contributed by atoms with Crippen LogP contribution in [0, 0.1) is 0 Å². The molecule has 0 rings (SSSR count). The van der Waals surface area contributed by atoms with Crippen LogP contribution in [0.15, 0.2) is 0 Å². The van der Waals surface area contributed by atoms with Gasteiger partial charge >= 0.3 is 0 Å². The van der Waals surface area contributed by atoms with Gasteiger partial charge in [0.1, 0.15) is 0 Å². The first-order valence-electron chi connectivity index (χ1n) is 4.25. The third-order valence-corrected chi connectivity index (χ3v) is 2.54. The van der Waals surface area contributed by atoms with Crippen LogP contribution in [-0.4, -0.2) is 43.1 Å². The molecule has 0 aliphatic carbocycles. The van der Waals surface area contributed by atoms with Crippen LogP contribution in [0.2, 0.25) is 0 Å². The molecule has 84 valence electrons. The molecular formula is C8H17NO4S. The molecule has 0 spiro atoms. The molecule has 0 saturated heterocycles. The number of hydrogen-bond donors (Lipinski definition) is 2. The van der Waals surface area contributed by atoms with E-state index in [1.165, 1.54) is 6.92 Å². The van der Waals surface area contributed by atoms with Gasteiger partial charge in [-0.2, -0.15) is 0 Å². The van der Waals surface area contributed by atoms with E-state index in [0.717, 1.165) is 6.26 Å². The van der Waals surface area contributed by atoms with E-state index in [4.69, 9.17) is 0 Å². The number of carbonyl (C=O) groups excluding carboxylic acids is 1. The molecule has 0 aliphatic heterocycles. The topological polar surface area (TPSA) is 83.5 Å². The summed E-state index contributed by atoms with van der Waals surface area (Å²) in [6.45, 7) is 4.65. The molecule has 0 saturated carbocycles. The van der Waals surface area contributed by atoms with Gasteiger partial charge in [-0.05, 0) is 20.8 Å². The Morgan fingerprint density at radius 3 is 2.21 bits per heavy atom. The van der Waals surface area contributed by atoms with Crippen molar-refractivity contribution in [3.8, 4) is 0 Å². The maximum Gasteiger partial charge on any atom is 0.252 e. The molecule has 0 radical (unpaired) electrons. The monoisotopic (exact) mass is 223 g/mol. The van der Waals surface area contributed by atoms with Gasteiger partial charge in [0, 0.05) is 12.3 Å². The first kappa shape index (κ1) is 13.4. The van der Waals surface area contributed by atoms with Crippen LogP contribution in [0.5, 0.6) is 0 Å². The largest absolute Gasteiger partial charge is 0.379 e. The molecule has 0 fully saturated rings. The summed E-state index contributed by atoms with van der Waals surface area (Å²) in [5.74, 6) is -1.24. The SMILES string of the molecule is CC(C)NC(=O)C(C)(O)CS(C)(=O)=O. The third-order valence-electron chi connectivity index (χ3n) is 1.45. The van der Waals surface area contributed by atoms with Crippen LogP contribution in [0.25, 0.3) is 0 Å². The molecule has 0 heterocycles. The van der Waals surface area contributed by atoms with E-state index in [2.05, 4.69) is 5.32 Å². The molecule has 2 N–H and O–H groups in total. The van der Waals surface area contributed by atoms with Crippen LogP contribution >= 0.6 is 0 Å². The summed E-state index contributed by atoms with van der Waals surface area (Å²) < 4.78 is 21.8. The van der Waals surface area contributed by atoms with E-state index >= 15 is 0 Å². The van der Waals surface area contributed by atoms with Gasteiger partial charge in [0.05, 0.1) is 5.75 Å². The molecule has 0 aromatic carbocycles. The Labute approximate surface area is 84.4 Å². The molecule has 0 aromatic heterocycles. The number of rotatable bonds is 4. The lowest BCUT2D eigenvalue weighted by Gasteiger charge is -2.22. The van der Waals surface area contributed by atoms with Gasteiger partial charge in [-0.1, -0.05) is 0 Å². The smallest absolute Gasteiger partial charge is 0.252 e. The average molecular weight is 223 g/mol. The standard InChI is InChI=1S/C8H17NO4S/c1-6(2)9-7(10)8(3,11)5-14(4,12)13/h6,11H,5H2,1-4H3,(H,9,10). The predicted octanol–water partition coefficient (Wildman–Crippen LogP) is -0.693. The fraction of sp³-hybridized carbons (Fsp3) is 0.875. The van der Waals surface area contributed by atoms with Crippen LogP contribution in [0.1, 0.15) is 20.8 Å². The van der Waals surface area contributed by atoms with Crippen molar-refractivity contribution in [1.29, 1.82) is 0 Å². The maximum atomic E-state index is 11.3. The second kappa shape index (κ2) is 4.27. The fourth-order valence-corrected chi connectivity index (χ4v) is 2.15. The zero-order valence-electron chi connectivity index (χ0n) is 8.86. The minimum absolute atomic E-state index is 0.131. The number of carbonyl (C=O) groups is 1. The summed E-state index contributed by atoms with van der Waals surface area (Å²) in [7, 11) is -3.37. The molecule has 6 heteroatoms. The Morgan fingerprint density at radius 2 is 1.93 bits per heavy atom. The predicted molar refractivity (Wildman–Crippen MR) is 53.6 cm³/mol. The number of aliphatic hydroxyl groups is 1. The Hall–Kier alpha value is -0.620. The minimum Gasteiger partial charge on any atom is -0.379 e. The molecule has 0 aliphatic rings. The summed E-state index contributed by atoms with van der Waals surface area (Å²) in [5, 5.41) is 12.0. The van der Waals surface area contributed by atoms with Crippen molar-refractivity contribution in [3.63, 3.8) is 0 Å². The zero-order valence-corrected chi connectivity index (χ0v) is 9.68. The second-order valence-electron chi connectivity index (χ2n) is 3.97. The molecule has 0 aromatic rings. The van der Waals surface area contributed by atoms with Gasteiger partial charge < -0.3 is 10.4 Å². The molecule has 14 heavy (non-hydrogen) atoms. The lowest BCUT2D eigenvalue weighted by molar-refractivity contribution is -0.136. The van der Waals surface area contributed by atoms with Crippen molar-refractivity contribution in [2.45, 2.75) is 32.4 Å². The van der Waals surface area contributed by atoms with Crippen LogP contribution in [0.3, 0.4) is 0 Å². The Bertz CT molecular complexity index is 305. The second-order valence-corrected chi connectivity index (χ2v) is 6.11. The van der Waals surface area contributed by atoms with Gasteiger partial charge in [0.2, 0.25) is 0 Å². The highest BCUT2D eigenvalue weighted by Crippen LogP contribution is 2.07. The number of hydrogen-bond acceptors (Lipinski definition) is 4. The van der Waals surface area contributed by atoms with Gasteiger partial charge in [-0.25, -0.2) is 8.42 Å². The summed E-state index contributed by atoms with van der Waals surface area (Å²) >= 11 is 0. The highest BCUT2D eigenvalue weighted by atomic mass is 32.2. The Balaban J connectivity index is 4.54. The molecule has 1 amide bonds. The quantitative estimate of drug-likeness (QED) is 0.660. The minimum atomic E-state index is -3.37. The van der Waals surface area contributed by atoms with Crippen LogP contribution in [0.4, 0.5) is 0 Å².